The Kier molecular flexibility index (Phi) is 5.47. The second-order valence-electron chi connectivity index (χ2n) is 4.67. The van der Waals surface area contributed by atoms with E-state index in [1.54, 1.807) is 49.6 Å². The average Bonchev–Trinajstić information content (AvgIpc) is 2.51. The van der Waals surface area contributed by atoms with Crippen molar-refractivity contribution in [3.63, 3.8) is 0 Å². The molecule has 2 rings (SSSR count). The highest BCUT2D eigenvalue weighted by atomic mass is 35.5. The summed E-state index contributed by atoms with van der Waals surface area (Å²) in [6.07, 6.45) is 1.53. The van der Waals surface area contributed by atoms with Crippen molar-refractivity contribution >= 4 is 34.7 Å². The predicted octanol–water partition coefficient (Wildman–Crippen LogP) is 5.20. The number of rotatable bonds is 5. The molecular formula is C17H15Cl2NO2. The van der Waals surface area contributed by atoms with E-state index in [0.29, 0.717) is 27.1 Å². The molecule has 0 radical (unpaired) electrons. The van der Waals surface area contributed by atoms with Crippen molar-refractivity contribution in [3.05, 3.63) is 69.8 Å². The van der Waals surface area contributed by atoms with E-state index < -0.39 is 0 Å². The first kappa shape index (κ1) is 16.4. The normalized spacial score (nSPS) is 11.2. The molecule has 0 aliphatic rings. The Balaban J connectivity index is 2.09. The Morgan fingerprint density at radius 3 is 2.36 bits per heavy atom. The van der Waals surface area contributed by atoms with Gasteiger partial charge in [-0.15, -0.1) is 0 Å². The van der Waals surface area contributed by atoms with E-state index in [4.69, 9.17) is 27.9 Å². The highest BCUT2D eigenvalue weighted by molar-refractivity contribution is 6.42. The first-order valence-corrected chi connectivity index (χ1v) is 7.34. The second-order valence-corrected chi connectivity index (χ2v) is 5.49. The Bertz CT molecular complexity index is 709. The maximum Gasteiger partial charge on any atom is 0.187 e. The van der Waals surface area contributed by atoms with Gasteiger partial charge in [0.2, 0.25) is 0 Å². The van der Waals surface area contributed by atoms with Crippen LogP contribution in [0.2, 0.25) is 10.0 Å². The van der Waals surface area contributed by atoms with Crippen molar-refractivity contribution in [1.82, 2.24) is 0 Å². The minimum absolute atomic E-state index is 0.0901. The topological polar surface area (TPSA) is 38.3 Å². The lowest BCUT2D eigenvalue weighted by atomic mass is 10.1. The van der Waals surface area contributed by atoms with Gasteiger partial charge in [0.1, 0.15) is 5.75 Å². The van der Waals surface area contributed by atoms with Gasteiger partial charge in [0, 0.05) is 23.0 Å². The van der Waals surface area contributed by atoms with E-state index >= 15 is 0 Å². The predicted molar refractivity (Wildman–Crippen MR) is 91.2 cm³/mol. The first-order chi connectivity index (χ1) is 10.5. The van der Waals surface area contributed by atoms with E-state index in [1.165, 1.54) is 6.08 Å². The van der Waals surface area contributed by atoms with Gasteiger partial charge in [0.05, 0.1) is 17.2 Å². The van der Waals surface area contributed by atoms with Gasteiger partial charge in [-0.05, 0) is 49.4 Å². The molecule has 0 spiro atoms. The lowest BCUT2D eigenvalue weighted by molar-refractivity contribution is 0.104. The molecule has 0 atom stereocenters. The van der Waals surface area contributed by atoms with Crippen LogP contribution in [0, 0.1) is 0 Å². The molecule has 0 amide bonds. The Labute approximate surface area is 139 Å². The number of anilines is 1. The van der Waals surface area contributed by atoms with Crippen molar-refractivity contribution < 1.29 is 9.53 Å². The SMILES string of the molecule is COc1ccc(C(=O)/C=C(\C)Nc2ccc(Cl)c(Cl)c2)cc1. The minimum Gasteiger partial charge on any atom is -0.497 e. The number of carbonyl (C=O) groups excluding carboxylic acids is 1. The standard InChI is InChI=1S/C17H15Cl2NO2/c1-11(20-13-5-8-15(18)16(19)10-13)9-17(21)12-3-6-14(22-2)7-4-12/h3-10,20H,1-2H3/b11-9+. The van der Waals surface area contributed by atoms with E-state index in [-0.39, 0.29) is 5.78 Å². The largest absolute Gasteiger partial charge is 0.497 e. The van der Waals surface area contributed by atoms with Gasteiger partial charge < -0.3 is 10.1 Å². The highest BCUT2D eigenvalue weighted by Gasteiger charge is 2.05. The smallest absolute Gasteiger partial charge is 0.187 e. The number of ether oxygens (including phenoxy) is 1. The molecule has 0 aromatic heterocycles. The van der Waals surface area contributed by atoms with Gasteiger partial charge in [0.25, 0.3) is 0 Å². The molecular weight excluding hydrogens is 321 g/mol. The number of nitrogens with one attached hydrogen (secondary N) is 1. The third-order valence-corrected chi connectivity index (χ3v) is 3.72. The van der Waals surface area contributed by atoms with Crippen LogP contribution in [-0.2, 0) is 0 Å². The Hall–Kier alpha value is -1.97. The highest BCUT2D eigenvalue weighted by Crippen LogP contribution is 2.25. The van der Waals surface area contributed by atoms with Crippen molar-refractivity contribution in [1.29, 1.82) is 0 Å². The number of hydrogen-bond acceptors (Lipinski definition) is 3. The molecule has 0 bridgehead atoms. The summed E-state index contributed by atoms with van der Waals surface area (Å²) >= 11 is 11.8. The monoisotopic (exact) mass is 335 g/mol. The van der Waals surface area contributed by atoms with Crippen LogP contribution in [0.15, 0.2) is 54.2 Å². The molecule has 114 valence electrons. The van der Waals surface area contributed by atoms with Gasteiger partial charge in [-0.25, -0.2) is 0 Å². The molecule has 22 heavy (non-hydrogen) atoms. The van der Waals surface area contributed by atoms with Crippen LogP contribution in [0.4, 0.5) is 5.69 Å². The summed E-state index contributed by atoms with van der Waals surface area (Å²) in [5.41, 5.74) is 2.07. The lowest BCUT2D eigenvalue weighted by Crippen LogP contribution is -2.01. The Morgan fingerprint density at radius 2 is 1.77 bits per heavy atom. The zero-order valence-electron chi connectivity index (χ0n) is 12.2. The van der Waals surface area contributed by atoms with Crippen molar-refractivity contribution in [2.24, 2.45) is 0 Å². The quantitative estimate of drug-likeness (QED) is 0.602. The summed E-state index contributed by atoms with van der Waals surface area (Å²) in [5, 5.41) is 4.05. The van der Waals surface area contributed by atoms with Crippen LogP contribution in [0.25, 0.3) is 0 Å². The summed E-state index contributed by atoms with van der Waals surface area (Å²) in [5.74, 6) is 0.624. The molecule has 3 nitrogen and oxygen atoms in total. The minimum atomic E-state index is -0.0901. The zero-order valence-corrected chi connectivity index (χ0v) is 13.7. The van der Waals surface area contributed by atoms with Crippen molar-refractivity contribution in [3.8, 4) is 5.75 Å². The van der Waals surface area contributed by atoms with Crippen LogP contribution in [0.5, 0.6) is 5.75 Å². The van der Waals surface area contributed by atoms with Crippen molar-refractivity contribution in [2.75, 3.05) is 12.4 Å². The summed E-state index contributed by atoms with van der Waals surface area (Å²) in [6.45, 7) is 1.81. The fourth-order valence-corrected chi connectivity index (χ4v) is 2.17. The van der Waals surface area contributed by atoms with Crippen LogP contribution < -0.4 is 10.1 Å². The summed E-state index contributed by atoms with van der Waals surface area (Å²) < 4.78 is 5.07. The lowest BCUT2D eigenvalue weighted by Gasteiger charge is -2.08. The van der Waals surface area contributed by atoms with E-state index in [0.717, 1.165) is 5.69 Å². The van der Waals surface area contributed by atoms with Gasteiger partial charge in [-0.2, -0.15) is 0 Å². The van der Waals surface area contributed by atoms with Crippen LogP contribution in [0.3, 0.4) is 0 Å². The second kappa shape index (κ2) is 7.34. The maximum absolute atomic E-state index is 12.2. The molecule has 0 aliphatic heterocycles. The number of ketones is 1. The molecule has 0 saturated heterocycles. The number of allylic oxidation sites excluding steroid dienone is 2. The molecule has 0 saturated carbocycles. The fourth-order valence-electron chi connectivity index (χ4n) is 1.87. The maximum atomic E-state index is 12.2. The molecule has 5 heteroatoms. The third kappa shape index (κ3) is 4.26. The number of hydrogen-bond donors (Lipinski definition) is 1. The van der Waals surface area contributed by atoms with Crippen molar-refractivity contribution in [2.45, 2.75) is 6.92 Å². The van der Waals surface area contributed by atoms with Gasteiger partial charge in [0.15, 0.2) is 5.78 Å². The van der Waals surface area contributed by atoms with Gasteiger partial charge in [-0.3, -0.25) is 4.79 Å². The molecule has 0 fully saturated rings. The molecule has 2 aromatic rings. The van der Waals surface area contributed by atoms with Crippen LogP contribution >= 0.6 is 23.2 Å². The first-order valence-electron chi connectivity index (χ1n) is 6.58. The van der Waals surface area contributed by atoms with Gasteiger partial charge in [-0.1, -0.05) is 23.2 Å². The van der Waals surface area contributed by atoms with Crippen LogP contribution in [0.1, 0.15) is 17.3 Å². The molecule has 2 aromatic carbocycles. The molecule has 0 aliphatic carbocycles. The summed E-state index contributed by atoms with van der Waals surface area (Å²) in [6, 6.07) is 12.2. The zero-order chi connectivity index (χ0) is 16.1. The molecule has 0 unspecified atom stereocenters. The number of halogens is 2. The number of carbonyl (C=O) groups is 1. The van der Waals surface area contributed by atoms with E-state index in [9.17, 15) is 4.79 Å². The molecule has 0 heterocycles. The third-order valence-electron chi connectivity index (χ3n) is 2.98. The number of benzene rings is 2. The van der Waals surface area contributed by atoms with E-state index in [2.05, 4.69) is 5.32 Å². The average molecular weight is 336 g/mol. The summed E-state index contributed by atoms with van der Waals surface area (Å²) in [7, 11) is 1.59. The fraction of sp³-hybridized carbons (Fsp3) is 0.118. The van der Waals surface area contributed by atoms with E-state index in [1.807, 2.05) is 6.92 Å². The van der Waals surface area contributed by atoms with Gasteiger partial charge >= 0.3 is 0 Å². The summed E-state index contributed by atoms with van der Waals surface area (Å²) in [4.78, 5) is 12.2. The molecule has 1 N–H and O–H groups in total. The Morgan fingerprint density at radius 1 is 1.09 bits per heavy atom. The number of methoxy groups -OCH3 is 1. The van der Waals surface area contributed by atoms with Crippen LogP contribution in [-0.4, -0.2) is 12.9 Å².